The van der Waals surface area contributed by atoms with Gasteiger partial charge in [0.2, 0.25) is 0 Å². The van der Waals surface area contributed by atoms with E-state index in [-0.39, 0.29) is 11.1 Å². The Labute approximate surface area is 117 Å². The van der Waals surface area contributed by atoms with Crippen molar-refractivity contribution < 1.29 is 29.5 Å². The van der Waals surface area contributed by atoms with Crippen molar-refractivity contribution in [2.75, 3.05) is 0 Å². The standard InChI is InChI=1S/C12H10N2O7/c15-9(16)5-8(12(18)19)13-10(14(20)21)6-3-1-2-4-7(6)11(13)17/h1-4,8,10H,5H2,(H,15,16)(H,18,19). The molecule has 1 heterocycles. The van der Waals surface area contributed by atoms with Crippen LogP contribution in [0.3, 0.4) is 0 Å². The molecular formula is C12H10N2O7. The van der Waals surface area contributed by atoms with Crippen molar-refractivity contribution in [2.45, 2.75) is 18.6 Å². The summed E-state index contributed by atoms with van der Waals surface area (Å²) in [6, 6.07) is 3.86. The lowest BCUT2D eigenvalue weighted by atomic mass is 10.1. The van der Waals surface area contributed by atoms with Gasteiger partial charge in [-0.2, -0.15) is 0 Å². The van der Waals surface area contributed by atoms with E-state index in [1.165, 1.54) is 24.3 Å². The van der Waals surface area contributed by atoms with Gasteiger partial charge >= 0.3 is 18.1 Å². The second kappa shape index (κ2) is 5.19. The summed E-state index contributed by atoms with van der Waals surface area (Å²) in [5, 5.41) is 29.1. The van der Waals surface area contributed by atoms with Gasteiger partial charge in [0, 0.05) is 0 Å². The van der Waals surface area contributed by atoms with Gasteiger partial charge in [-0.25, -0.2) is 4.79 Å². The van der Waals surface area contributed by atoms with E-state index < -0.39 is 41.4 Å². The first-order valence-electron chi connectivity index (χ1n) is 5.84. The molecule has 0 radical (unpaired) electrons. The van der Waals surface area contributed by atoms with Crippen LogP contribution in [0.1, 0.15) is 28.5 Å². The van der Waals surface area contributed by atoms with Crippen LogP contribution in [-0.2, 0) is 9.59 Å². The van der Waals surface area contributed by atoms with Crippen LogP contribution < -0.4 is 0 Å². The van der Waals surface area contributed by atoms with Crippen LogP contribution in [0.4, 0.5) is 0 Å². The van der Waals surface area contributed by atoms with Crippen molar-refractivity contribution in [1.82, 2.24) is 4.90 Å². The number of fused-ring (bicyclic) bond motifs is 1. The SMILES string of the molecule is O=C(O)CC(C(=O)O)N1C(=O)c2ccccc2C1[N+](=O)[O-]. The van der Waals surface area contributed by atoms with Crippen LogP contribution in [0.25, 0.3) is 0 Å². The first-order chi connectivity index (χ1) is 9.84. The molecule has 110 valence electrons. The zero-order chi connectivity index (χ0) is 15.7. The number of rotatable bonds is 5. The molecular weight excluding hydrogens is 284 g/mol. The zero-order valence-corrected chi connectivity index (χ0v) is 10.5. The minimum Gasteiger partial charge on any atom is -0.481 e. The number of hydrogen-bond acceptors (Lipinski definition) is 5. The highest BCUT2D eigenvalue weighted by atomic mass is 16.6. The zero-order valence-electron chi connectivity index (χ0n) is 10.5. The van der Waals surface area contributed by atoms with Gasteiger partial charge in [0.15, 0.2) is 0 Å². The van der Waals surface area contributed by atoms with Crippen LogP contribution in [0.2, 0.25) is 0 Å². The van der Waals surface area contributed by atoms with E-state index in [2.05, 4.69) is 0 Å². The highest BCUT2D eigenvalue weighted by Crippen LogP contribution is 2.36. The number of nitro groups is 1. The lowest BCUT2D eigenvalue weighted by Gasteiger charge is -2.24. The summed E-state index contributed by atoms with van der Waals surface area (Å²) in [5.41, 5.74) is 0.0694. The third kappa shape index (κ3) is 2.40. The molecule has 1 aliphatic heterocycles. The number of benzene rings is 1. The fourth-order valence-corrected chi connectivity index (χ4v) is 2.31. The van der Waals surface area contributed by atoms with E-state index in [4.69, 9.17) is 10.2 Å². The molecule has 2 atom stereocenters. The Bertz CT molecular complexity index is 642. The van der Waals surface area contributed by atoms with Gasteiger partial charge in [-0.05, 0) is 12.1 Å². The predicted octanol–water partition coefficient (Wildman–Crippen LogP) is 0.346. The normalized spacial score (nSPS) is 18.2. The van der Waals surface area contributed by atoms with E-state index >= 15 is 0 Å². The maximum Gasteiger partial charge on any atom is 0.327 e. The van der Waals surface area contributed by atoms with Gasteiger partial charge in [-0.1, -0.05) is 12.1 Å². The van der Waals surface area contributed by atoms with Gasteiger partial charge < -0.3 is 10.2 Å². The quantitative estimate of drug-likeness (QED) is 0.590. The molecule has 1 aliphatic rings. The number of carbonyl (C=O) groups excluding carboxylic acids is 1. The summed E-state index contributed by atoms with van der Waals surface area (Å²) in [5.74, 6) is -3.93. The fraction of sp³-hybridized carbons (Fsp3) is 0.250. The van der Waals surface area contributed by atoms with Crippen LogP contribution in [0.15, 0.2) is 24.3 Å². The van der Waals surface area contributed by atoms with Crippen molar-refractivity contribution in [3.63, 3.8) is 0 Å². The van der Waals surface area contributed by atoms with Crippen LogP contribution in [-0.4, -0.2) is 43.9 Å². The van der Waals surface area contributed by atoms with Crippen LogP contribution >= 0.6 is 0 Å². The number of hydrogen-bond donors (Lipinski definition) is 2. The van der Waals surface area contributed by atoms with Crippen molar-refractivity contribution in [3.05, 3.63) is 45.5 Å². The Hall–Kier alpha value is -2.97. The molecule has 0 spiro atoms. The van der Waals surface area contributed by atoms with Crippen molar-refractivity contribution in [1.29, 1.82) is 0 Å². The molecule has 9 heteroatoms. The molecule has 9 nitrogen and oxygen atoms in total. The summed E-state index contributed by atoms with van der Waals surface area (Å²) in [6.07, 6.45) is -2.62. The molecule has 0 saturated heterocycles. The monoisotopic (exact) mass is 294 g/mol. The number of carbonyl (C=O) groups is 3. The van der Waals surface area contributed by atoms with Crippen molar-refractivity contribution in [2.24, 2.45) is 0 Å². The van der Waals surface area contributed by atoms with Gasteiger partial charge in [0.1, 0.15) is 6.04 Å². The van der Waals surface area contributed by atoms with Gasteiger partial charge in [0.25, 0.3) is 5.91 Å². The second-order valence-corrected chi connectivity index (χ2v) is 4.41. The topological polar surface area (TPSA) is 138 Å². The molecule has 0 fully saturated rings. The Balaban J connectivity index is 2.52. The molecule has 2 unspecified atom stereocenters. The van der Waals surface area contributed by atoms with Crippen LogP contribution in [0.5, 0.6) is 0 Å². The van der Waals surface area contributed by atoms with Gasteiger partial charge in [0.05, 0.1) is 22.5 Å². The highest BCUT2D eigenvalue weighted by molar-refractivity contribution is 6.01. The summed E-state index contributed by atoms with van der Waals surface area (Å²) in [7, 11) is 0. The van der Waals surface area contributed by atoms with E-state index in [0.717, 1.165) is 0 Å². The van der Waals surface area contributed by atoms with E-state index in [1.54, 1.807) is 0 Å². The molecule has 1 amide bonds. The minimum atomic E-state index is -1.81. The third-order valence-electron chi connectivity index (χ3n) is 3.16. The largest absolute Gasteiger partial charge is 0.481 e. The molecule has 0 bridgehead atoms. The summed E-state index contributed by atoms with van der Waals surface area (Å²) < 4.78 is 0. The molecule has 2 rings (SSSR count). The highest BCUT2D eigenvalue weighted by Gasteiger charge is 2.50. The average molecular weight is 294 g/mol. The lowest BCUT2D eigenvalue weighted by Crippen LogP contribution is -2.46. The third-order valence-corrected chi connectivity index (χ3v) is 3.16. The molecule has 2 N–H and O–H groups in total. The number of amides is 1. The number of carboxylic acids is 2. The van der Waals surface area contributed by atoms with Crippen molar-refractivity contribution >= 4 is 17.8 Å². The lowest BCUT2D eigenvalue weighted by molar-refractivity contribution is -0.552. The van der Waals surface area contributed by atoms with Gasteiger partial charge in [-0.15, -0.1) is 0 Å². The molecule has 0 aliphatic carbocycles. The maximum absolute atomic E-state index is 12.2. The number of aliphatic carboxylic acids is 2. The Morgan fingerprint density at radius 3 is 2.48 bits per heavy atom. The average Bonchev–Trinajstić information content (AvgIpc) is 2.69. The van der Waals surface area contributed by atoms with E-state index in [9.17, 15) is 24.5 Å². The first kappa shape index (κ1) is 14.4. The number of nitrogens with zero attached hydrogens (tertiary/aromatic N) is 2. The summed E-state index contributed by atoms with van der Waals surface area (Å²) in [6.45, 7) is 0. The van der Waals surface area contributed by atoms with E-state index in [1.807, 2.05) is 0 Å². The van der Waals surface area contributed by atoms with Crippen molar-refractivity contribution in [3.8, 4) is 0 Å². The molecule has 21 heavy (non-hydrogen) atoms. The predicted molar refractivity (Wildman–Crippen MR) is 66.0 cm³/mol. The molecule has 1 aromatic rings. The molecule has 1 aromatic carbocycles. The number of carboxylic acid groups (broad SMARTS) is 2. The summed E-state index contributed by atoms with van der Waals surface area (Å²) in [4.78, 5) is 45.1. The first-order valence-corrected chi connectivity index (χ1v) is 5.84. The fourth-order valence-electron chi connectivity index (χ4n) is 2.31. The Kier molecular flexibility index (Phi) is 3.57. The Morgan fingerprint density at radius 2 is 1.95 bits per heavy atom. The Morgan fingerprint density at radius 1 is 1.33 bits per heavy atom. The smallest absolute Gasteiger partial charge is 0.327 e. The molecule has 0 saturated carbocycles. The van der Waals surface area contributed by atoms with E-state index in [0.29, 0.717) is 4.90 Å². The van der Waals surface area contributed by atoms with Gasteiger partial charge in [-0.3, -0.25) is 24.6 Å². The minimum absolute atomic E-state index is 0.0100. The second-order valence-electron chi connectivity index (χ2n) is 4.41. The maximum atomic E-state index is 12.2. The summed E-state index contributed by atoms with van der Waals surface area (Å²) >= 11 is 0. The van der Waals surface area contributed by atoms with Crippen LogP contribution in [0, 0.1) is 10.1 Å². The molecule has 0 aromatic heterocycles.